The van der Waals surface area contributed by atoms with Crippen molar-refractivity contribution in [3.05, 3.63) is 65.5 Å². The zero-order valence-electron chi connectivity index (χ0n) is 24.6. The first kappa shape index (κ1) is 30.4. The summed E-state index contributed by atoms with van der Waals surface area (Å²) < 4.78 is 0. The fourth-order valence-electron chi connectivity index (χ4n) is 4.40. The third-order valence-corrected chi connectivity index (χ3v) is 6.58. The topological polar surface area (TPSA) is 192 Å². The van der Waals surface area contributed by atoms with Crippen molar-refractivity contribution in [3.63, 3.8) is 0 Å². The number of aromatic nitrogens is 2. The van der Waals surface area contributed by atoms with Crippen LogP contribution in [0, 0.1) is 0 Å². The summed E-state index contributed by atoms with van der Waals surface area (Å²) in [5, 5.41) is 22.1. The Morgan fingerprint density at radius 1 is 0.628 bits per heavy atom. The maximum atomic E-state index is 13.0. The average molecular weight is 588 g/mol. The van der Waals surface area contributed by atoms with Crippen LogP contribution in [0.4, 0.5) is 5.69 Å². The fraction of sp³-hybridized carbons (Fsp3) is 0.276. The van der Waals surface area contributed by atoms with Crippen LogP contribution in [0.2, 0.25) is 0 Å². The Bertz CT molecular complexity index is 1670. The molecule has 2 aromatic carbocycles. The summed E-state index contributed by atoms with van der Waals surface area (Å²) in [5.74, 6) is 0.498. The molecule has 14 nitrogen and oxygen atoms in total. The van der Waals surface area contributed by atoms with Crippen LogP contribution in [0.15, 0.2) is 58.5 Å². The molecule has 9 N–H and O–H groups in total. The molecule has 4 aromatic rings. The normalized spacial score (nSPS) is 11.7. The summed E-state index contributed by atoms with van der Waals surface area (Å²) in [6.45, 7) is 1.86. The van der Waals surface area contributed by atoms with E-state index in [0.717, 1.165) is 21.8 Å². The highest BCUT2D eigenvalue weighted by molar-refractivity contribution is 6.08. The lowest BCUT2D eigenvalue weighted by atomic mass is 10.1. The third-order valence-electron chi connectivity index (χ3n) is 6.58. The van der Waals surface area contributed by atoms with Crippen molar-refractivity contribution in [1.82, 2.24) is 41.9 Å². The molecule has 0 fully saturated rings. The van der Waals surface area contributed by atoms with E-state index in [4.69, 9.17) is 0 Å². The van der Waals surface area contributed by atoms with E-state index in [1.807, 2.05) is 0 Å². The van der Waals surface area contributed by atoms with E-state index in [0.29, 0.717) is 60.7 Å². The first-order valence-corrected chi connectivity index (χ1v) is 13.7. The van der Waals surface area contributed by atoms with Crippen molar-refractivity contribution < 1.29 is 14.4 Å². The molecule has 2 aromatic heterocycles. The van der Waals surface area contributed by atoms with Crippen LogP contribution in [0.3, 0.4) is 0 Å². The molecule has 2 heterocycles. The molecule has 0 saturated heterocycles. The molecule has 0 saturated carbocycles. The Hall–Kier alpha value is -5.53. The minimum atomic E-state index is -0.330. The Morgan fingerprint density at radius 3 is 1.72 bits per heavy atom. The van der Waals surface area contributed by atoms with Gasteiger partial charge < -0.3 is 47.2 Å². The smallest absolute Gasteiger partial charge is 0.272 e. The number of aromatic amines is 2. The molecule has 0 aliphatic heterocycles. The van der Waals surface area contributed by atoms with Crippen LogP contribution in [0.5, 0.6) is 0 Å². The number of amides is 3. The van der Waals surface area contributed by atoms with E-state index in [1.165, 1.54) is 0 Å². The van der Waals surface area contributed by atoms with Gasteiger partial charge in [-0.15, -0.1) is 0 Å². The van der Waals surface area contributed by atoms with E-state index < -0.39 is 0 Å². The van der Waals surface area contributed by atoms with Crippen LogP contribution < -0.4 is 37.2 Å². The number of aliphatic imine (C=N–C) groups is 2. The SMILES string of the molecule is CN=C(NC)NCCNC(=O)c1ccc2[nH]c(C(=O)Nc3ccc4[nH]c(C(=O)NCCNC(=NC)NC)cc4c3)cc2c1. The molecular formula is C29H37N11O3. The largest absolute Gasteiger partial charge is 0.359 e. The molecule has 14 heteroatoms. The zero-order valence-corrected chi connectivity index (χ0v) is 24.6. The Kier molecular flexibility index (Phi) is 10.2. The molecule has 0 unspecified atom stereocenters. The molecule has 4 rings (SSSR count). The molecule has 43 heavy (non-hydrogen) atoms. The molecule has 0 spiro atoms. The standard InChI is InChI=1S/C29H37N11O3/c1-30-28(31-2)36-11-9-34-25(41)17-5-7-21-18(13-17)15-24(40-21)27(43)38-20-6-8-22-19(14-20)16-23(39-22)26(42)35-10-12-37-29(32-3)33-4/h5-8,13-16,39-40H,9-12H2,1-4H3,(H,34,41)(H,35,42)(H,38,43)(H2,30,31,36)(H2,32,33,37). The quantitative estimate of drug-likeness (QED) is 0.0749. The number of fused-ring (bicyclic) bond motifs is 2. The summed E-state index contributed by atoms with van der Waals surface area (Å²) in [4.78, 5) is 52.5. The highest BCUT2D eigenvalue weighted by Gasteiger charge is 2.14. The number of benzene rings is 2. The zero-order chi connectivity index (χ0) is 30.8. The van der Waals surface area contributed by atoms with E-state index in [2.05, 4.69) is 57.2 Å². The van der Waals surface area contributed by atoms with E-state index in [-0.39, 0.29) is 17.7 Å². The summed E-state index contributed by atoms with van der Waals surface area (Å²) >= 11 is 0. The van der Waals surface area contributed by atoms with Crippen molar-refractivity contribution in [2.45, 2.75) is 0 Å². The van der Waals surface area contributed by atoms with Gasteiger partial charge in [-0.05, 0) is 48.5 Å². The first-order valence-electron chi connectivity index (χ1n) is 13.7. The van der Waals surface area contributed by atoms with Gasteiger partial charge in [0.2, 0.25) is 0 Å². The molecule has 0 aliphatic rings. The second kappa shape index (κ2) is 14.4. The maximum absolute atomic E-state index is 13.0. The van der Waals surface area contributed by atoms with Gasteiger partial charge in [0, 0.05) is 87.4 Å². The summed E-state index contributed by atoms with van der Waals surface area (Å²) in [7, 11) is 6.86. The minimum Gasteiger partial charge on any atom is -0.359 e. The molecule has 0 bridgehead atoms. The number of guanidine groups is 2. The van der Waals surface area contributed by atoms with Crippen molar-refractivity contribution in [2.24, 2.45) is 9.98 Å². The molecule has 0 aliphatic carbocycles. The van der Waals surface area contributed by atoms with Gasteiger partial charge in [0.15, 0.2) is 11.9 Å². The van der Waals surface area contributed by atoms with Gasteiger partial charge in [0.05, 0.1) is 0 Å². The molecular weight excluding hydrogens is 550 g/mol. The van der Waals surface area contributed by atoms with Crippen LogP contribution in [-0.4, -0.2) is 94.0 Å². The lowest BCUT2D eigenvalue weighted by molar-refractivity contribution is 0.0944. The molecule has 0 atom stereocenters. The number of hydrogen-bond acceptors (Lipinski definition) is 5. The second-order valence-electron chi connectivity index (χ2n) is 9.43. The maximum Gasteiger partial charge on any atom is 0.272 e. The monoisotopic (exact) mass is 587 g/mol. The number of anilines is 1. The highest BCUT2D eigenvalue weighted by atomic mass is 16.2. The van der Waals surface area contributed by atoms with Gasteiger partial charge in [-0.2, -0.15) is 0 Å². The van der Waals surface area contributed by atoms with Crippen LogP contribution in [0.25, 0.3) is 21.8 Å². The summed E-state index contributed by atoms with van der Waals surface area (Å²) in [6.07, 6.45) is 0. The minimum absolute atomic E-state index is 0.214. The third kappa shape index (κ3) is 7.81. The van der Waals surface area contributed by atoms with E-state index in [1.54, 1.807) is 76.7 Å². The van der Waals surface area contributed by atoms with Gasteiger partial charge in [0.25, 0.3) is 17.7 Å². The Morgan fingerprint density at radius 2 is 1.14 bits per heavy atom. The number of rotatable bonds is 10. The number of carbonyl (C=O) groups excluding carboxylic acids is 3. The Balaban J connectivity index is 1.34. The van der Waals surface area contributed by atoms with Gasteiger partial charge in [-0.3, -0.25) is 24.4 Å². The van der Waals surface area contributed by atoms with Gasteiger partial charge in [-0.1, -0.05) is 0 Å². The number of hydrogen-bond donors (Lipinski definition) is 9. The molecule has 3 amide bonds. The first-order chi connectivity index (χ1) is 20.8. The van der Waals surface area contributed by atoms with Crippen molar-refractivity contribution in [3.8, 4) is 0 Å². The van der Waals surface area contributed by atoms with Gasteiger partial charge in [-0.25, -0.2) is 0 Å². The van der Waals surface area contributed by atoms with Crippen molar-refractivity contribution in [2.75, 3.05) is 59.7 Å². The number of nitrogens with one attached hydrogen (secondary N) is 9. The highest BCUT2D eigenvalue weighted by Crippen LogP contribution is 2.22. The summed E-state index contributed by atoms with van der Waals surface area (Å²) in [5.41, 5.74) is 3.34. The number of nitrogens with zero attached hydrogens (tertiary/aromatic N) is 2. The predicted octanol–water partition coefficient (Wildman–Crippen LogP) is 0.951. The molecule has 226 valence electrons. The lowest BCUT2D eigenvalue weighted by Gasteiger charge is -2.09. The fourth-order valence-corrected chi connectivity index (χ4v) is 4.40. The van der Waals surface area contributed by atoms with Crippen molar-refractivity contribution >= 4 is 57.1 Å². The second-order valence-corrected chi connectivity index (χ2v) is 9.43. The molecule has 0 radical (unpaired) electrons. The van der Waals surface area contributed by atoms with E-state index >= 15 is 0 Å². The number of H-pyrrole nitrogens is 2. The van der Waals surface area contributed by atoms with Crippen LogP contribution in [-0.2, 0) is 0 Å². The lowest BCUT2D eigenvalue weighted by Crippen LogP contribution is -2.40. The Labute approximate surface area is 248 Å². The average Bonchev–Trinajstić information content (AvgIpc) is 3.65. The van der Waals surface area contributed by atoms with Crippen LogP contribution in [0.1, 0.15) is 31.3 Å². The van der Waals surface area contributed by atoms with Gasteiger partial charge in [0.1, 0.15) is 11.4 Å². The predicted molar refractivity (Wildman–Crippen MR) is 170 cm³/mol. The van der Waals surface area contributed by atoms with E-state index in [9.17, 15) is 14.4 Å². The van der Waals surface area contributed by atoms with Crippen LogP contribution >= 0.6 is 0 Å². The van der Waals surface area contributed by atoms with Crippen molar-refractivity contribution in [1.29, 1.82) is 0 Å². The van der Waals surface area contributed by atoms with Gasteiger partial charge >= 0.3 is 0 Å². The summed E-state index contributed by atoms with van der Waals surface area (Å²) in [6, 6.07) is 14.0. The number of carbonyl (C=O) groups is 3.